The molecular formula is C19H25N5O. The van der Waals surface area contributed by atoms with Gasteiger partial charge in [0.1, 0.15) is 17.3 Å². The predicted octanol–water partition coefficient (Wildman–Crippen LogP) is 2.78. The van der Waals surface area contributed by atoms with Gasteiger partial charge in [0.15, 0.2) is 0 Å². The highest BCUT2D eigenvalue weighted by molar-refractivity contribution is 5.92. The van der Waals surface area contributed by atoms with Gasteiger partial charge in [-0.2, -0.15) is 0 Å². The molecule has 1 saturated carbocycles. The van der Waals surface area contributed by atoms with Crippen LogP contribution in [0.3, 0.4) is 0 Å². The largest absolute Gasteiger partial charge is 0.354 e. The van der Waals surface area contributed by atoms with Gasteiger partial charge in [-0.25, -0.2) is 9.97 Å². The first-order valence-electron chi connectivity index (χ1n) is 9.16. The minimum atomic E-state index is -0.0471. The fraction of sp³-hybridized carbons (Fsp3) is 0.526. The van der Waals surface area contributed by atoms with Crippen molar-refractivity contribution in [2.45, 2.75) is 44.1 Å². The average Bonchev–Trinajstić information content (AvgIpc) is 3.44. The number of piperidine rings is 1. The van der Waals surface area contributed by atoms with Crippen LogP contribution in [0.4, 0.5) is 5.82 Å². The van der Waals surface area contributed by atoms with E-state index in [4.69, 9.17) is 4.98 Å². The van der Waals surface area contributed by atoms with Crippen LogP contribution in [0, 0.1) is 0 Å². The van der Waals surface area contributed by atoms with E-state index in [1.165, 1.54) is 31.4 Å². The van der Waals surface area contributed by atoms with Gasteiger partial charge in [0.05, 0.1) is 6.04 Å². The lowest BCUT2D eigenvalue weighted by Crippen LogP contribution is -2.35. The van der Waals surface area contributed by atoms with E-state index in [9.17, 15) is 4.79 Å². The number of anilines is 1. The van der Waals surface area contributed by atoms with Crippen LogP contribution in [-0.4, -0.2) is 34.0 Å². The second kappa shape index (κ2) is 6.50. The van der Waals surface area contributed by atoms with Gasteiger partial charge in [-0.05, 0) is 50.3 Å². The van der Waals surface area contributed by atoms with Crippen LogP contribution >= 0.6 is 0 Å². The standard InChI is InChI=1S/C19H25N5O/c1-20-19(25)16-9-8-14(23(16)2)15-5-3-4-12-24(15)17-10-11-21-18(22-17)13-6-7-13/h8-11,13,15H,3-7,12H2,1-2H3,(H,20,25)/t15-/m0/s1. The summed E-state index contributed by atoms with van der Waals surface area (Å²) in [7, 11) is 3.64. The van der Waals surface area contributed by atoms with E-state index in [1.54, 1.807) is 7.05 Å². The Morgan fingerprint density at radius 2 is 2.04 bits per heavy atom. The maximum atomic E-state index is 12.0. The predicted molar refractivity (Wildman–Crippen MR) is 96.7 cm³/mol. The first kappa shape index (κ1) is 16.1. The smallest absolute Gasteiger partial charge is 0.267 e. The summed E-state index contributed by atoms with van der Waals surface area (Å²) in [4.78, 5) is 23.7. The number of hydrogen-bond donors (Lipinski definition) is 1. The summed E-state index contributed by atoms with van der Waals surface area (Å²) in [6, 6.07) is 6.26. The van der Waals surface area contributed by atoms with Crippen molar-refractivity contribution in [1.29, 1.82) is 0 Å². The summed E-state index contributed by atoms with van der Waals surface area (Å²) < 4.78 is 2.02. The van der Waals surface area contributed by atoms with Gasteiger partial charge in [0.2, 0.25) is 0 Å². The zero-order valence-corrected chi connectivity index (χ0v) is 14.9. The Kier molecular flexibility index (Phi) is 4.19. The van der Waals surface area contributed by atoms with Crippen molar-refractivity contribution >= 4 is 11.7 Å². The van der Waals surface area contributed by atoms with Crippen LogP contribution in [-0.2, 0) is 7.05 Å². The topological polar surface area (TPSA) is 63.1 Å². The molecule has 0 spiro atoms. The van der Waals surface area contributed by atoms with Gasteiger partial charge in [0, 0.05) is 38.4 Å². The van der Waals surface area contributed by atoms with Gasteiger partial charge in [0.25, 0.3) is 5.91 Å². The molecule has 4 rings (SSSR count). The van der Waals surface area contributed by atoms with Gasteiger partial charge >= 0.3 is 0 Å². The zero-order valence-electron chi connectivity index (χ0n) is 14.9. The minimum absolute atomic E-state index is 0.0471. The Balaban J connectivity index is 1.67. The summed E-state index contributed by atoms with van der Waals surface area (Å²) in [6.45, 7) is 0.992. The molecule has 3 heterocycles. The van der Waals surface area contributed by atoms with Crippen molar-refractivity contribution in [3.8, 4) is 0 Å². The molecule has 0 radical (unpaired) electrons. The average molecular weight is 339 g/mol. The number of nitrogens with zero attached hydrogens (tertiary/aromatic N) is 4. The Morgan fingerprint density at radius 1 is 1.20 bits per heavy atom. The highest BCUT2D eigenvalue weighted by atomic mass is 16.1. The quantitative estimate of drug-likeness (QED) is 0.930. The first-order valence-corrected chi connectivity index (χ1v) is 9.16. The maximum Gasteiger partial charge on any atom is 0.267 e. The van der Waals surface area contributed by atoms with Crippen LogP contribution in [0.15, 0.2) is 24.4 Å². The Morgan fingerprint density at radius 3 is 2.80 bits per heavy atom. The summed E-state index contributed by atoms with van der Waals surface area (Å²) in [6.07, 6.45) is 7.75. The third-order valence-electron chi connectivity index (χ3n) is 5.36. The van der Waals surface area contributed by atoms with E-state index < -0.39 is 0 Å². The summed E-state index contributed by atoms with van der Waals surface area (Å²) >= 11 is 0. The molecule has 0 aromatic carbocycles. The lowest BCUT2D eigenvalue weighted by Gasteiger charge is -2.37. The summed E-state index contributed by atoms with van der Waals surface area (Å²) in [5.41, 5.74) is 1.87. The molecule has 1 amide bonds. The molecule has 2 aromatic heterocycles. The molecule has 25 heavy (non-hydrogen) atoms. The normalized spacial score (nSPS) is 20.6. The molecular weight excluding hydrogens is 314 g/mol. The van der Waals surface area contributed by atoms with Crippen molar-refractivity contribution < 1.29 is 4.79 Å². The van der Waals surface area contributed by atoms with Crippen molar-refractivity contribution in [2.75, 3.05) is 18.5 Å². The third-order valence-corrected chi connectivity index (χ3v) is 5.36. The number of carbonyl (C=O) groups is 1. The summed E-state index contributed by atoms with van der Waals surface area (Å²) in [5, 5.41) is 2.71. The Bertz CT molecular complexity index is 780. The molecule has 0 bridgehead atoms. The molecule has 0 unspecified atom stereocenters. The zero-order chi connectivity index (χ0) is 17.4. The molecule has 1 N–H and O–H groups in total. The number of aromatic nitrogens is 3. The number of rotatable bonds is 4. The van der Waals surface area contributed by atoms with Crippen molar-refractivity contribution in [2.24, 2.45) is 7.05 Å². The van der Waals surface area contributed by atoms with Crippen LogP contribution in [0.25, 0.3) is 0 Å². The van der Waals surface area contributed by atoms with Crippen LogP contribution in [0.2, 0.25) is 0 Å². The Hall–Kier alpha value is -2.37. The fourth-order valence-electron chi connectivity index (χ4n) is 3.79. The molecule has 6 nitrogen and oxygen atoms in total. The first-order chi connectivity index (χ1) is 12.2. The third kappa shape index (κ3) is 3.01. The number of nitrogens with one attached hydrogen (secondary N) is 1. The number of carbonyl (C=O) groups excluding carboxylic acids is 1. The molecule has 1 aliphatic carbocycles. The van der Waals surface area contributed by atoms with Gasteiger partial charge in [-0.1, -0.05) is 0 Å². The molecule has 132 valence electrons. The van der Waals surface area contributed by atoms with Crippen LogP contribution < -0.4 is 10.2 Å². The molecule has 1 saturated heterocycles. The molecule has 6 heteroatoms. The van der Waals surface area contributed by atoms with E-state index in [1.807, 2.05) is 29.9 Å². The highest BCUT2D eigenvalue weighted by Gasteiger charge is 2.30. The van der Waals surface area contributed by atoms with Crippen LogP contribution in [0.5, 0.6) is 0 Å². The molecule has 1 atom stereocenters. The van der Waals surface area contributed by atoms with Crippen molar-refractivity contribution in [3.05, 3.63) is 41.6 Å². The fourth-order valence-corrected chi connectivity index (χ4v) is 3.79. The lowest BCUT2D eigenvalue weighted by atomic mass is 9.99. The van der Waals surface area contributed by atoms with Gasteiger partial charge in [-0.15, -0.1) is 0 Å². The molecule has 2 aromatic rings. The van der Waals surface area contributed by atoms with E-state index in [-0.39, 0.29) is 11.9 Å². The molecule has 1 aliphatic heterocycles. The molecule has 2 fully saturated rings. The second-order valence-electron chi connectivity index (χ2n) is 7.03. The van der Waals surface area contributed by atoms with E-state index >= 15 is 0 Å². The van der Waals surface area contributed by atoms with E-state index in [2.05, 4.69) is 21.3 Å². The lowest BCUT2D eigenvalue weighted by molar-refractivity contribution is 0.0954. The van der Waals surface area contributed by atoms with Crippen molar-refractivity contribution in [3.63, 3.8) is 0 Å². The van der Waals surface area contributed by atoms with E-state index in [0.29, 0.717) is 11.6 Å². The van der Waals surface area contributed by atoms with Gasteiger partial charge < -0.3 is 14.8 Å². The highest BCUT2D eigenvalue weighted by Crippen LogP contribution is 2.40. The minimum Gasteiger partial charge on any atom is -0.354 e. The second-order valence-corrected chi connectivity index (χ2v) is 7.03. The Labute approximate surface area is 148 Å². The van der Waals surface area contributed by atoms with Gasteiger partial charge in [-0.3, -0.25) is 4.79 Å². The van der Waals surface area contributed by atoms with Crippen LogP contribution in [0.1, 0.15) is 66.1 Å². The summed E-state index contributed by atoms with van der Waals surface area (Å²) in [5.74, 6) is 2.51. The van der Waals surface area contributed by atoms with Crippen molar-refractivity contribution in [1.82, 2.24) is 19.9 Å². The number of amides is 1. The SMILES string of the molecule is CNC(=O)c1ccc([C@@H]2CCCCN2c2ccnc(C3CC3)n2)n1C. The monoisotopic (exact) mass is 339 g/mol. The van der Waals surface area contributed by atoms with E-state index in [0.717, 1.165) is 24.6 Å². The molecule has 2 aliphatic rings. The number of hydrogen-bond acceptors (Lipinski definition) is 4. The maximum absolute atomic E-state index is 12.0.